The van der Waals surface area contributed by atoms with Crippen molar-refractivity contribution < 1.29 is 9.90 Å². The Morgan fingerprint density at radius 2 is 2.33 bits per heavy atom. The molecule has 104 valence electrons. The largest absolute Gasteiger partial charge is 0.393 e. The maximum atomic E-state index is 11.9. The number of thiocarbonyl (C=S) groups is 1. The van der Waals surface area contributed by atoms with Gasteiger partial charge in [0.1, 0.15) is 0 Å². The van der Waals surface area contributed by atoms with E-state index in [0.29, 0.717) is 30.4 Å². The van der Waals surface area contributed by atoms with Crippen LogP contribution < -0.4 is 5.73 Å². The van der Waals surface area contributed by atoms with Crippen molar-refractivity contribution in [2.24, 2.45) is 11.7 Å². The molecule has 2 unspecified atom stereocenters. The van der Waals surface area contributed by atoms with E-state index in [1.54, 1.807) is 11.9 Å². The van der Waals surface area contributed by atoms with Gasteiger partial charge in [0.25, 0.3) is 0 Å². The van der Waals surface area contributed by atoms with E-state index < -0.39 is 0 Å². The highest BCUT2D eigenvalue weighted by molar-refractivity contribution is 7.80. The number of hydrogen-bond donors (Lipinski definition) is 2. The summed E-state index contributed by atoms with van der Waals surface area (Å²) in [5.74, 6) is 0.372. The minimum Gasteiger partial charge on any atom is -0.393 e. The minimum atomic E-state index is -0.294. The van der Waals surface area contributed by atoms with Crippen molar-refractivity contribution >= 4 is 23.1 Å². The molecular formula is C12H23N3O2S. The zero-order valence-corrected chi connectivity index (χ0v) is 11.9. The zero-order chi connectivity index (χ0) is 13.7. The Morgan fingerprint density at radius 1 is 1.67 bits per heavy atom. The summed E-state index contributed by atoms with van der Waals surface area (Å²) in [5.41, 5.74) is 5.41. The third-order valence-corrected chi connectivity index (χ3v) is 3.67. The number of nitrogens with two attached hydrogens (primary N) is 1. The number of aliphatic hydroxyl groups excluding tert-OH is 1. The zero-order valence-electron chi connectivity index (χ0n) is 11.1. The first kappa shape index (κ1) is 15.3. The molecule has 1 fully saturated rings. The second-order valence-corrected chi connectivity index (χ2v) is 5.58. The molecule has 1 aliphatic rings. The predicted octanol–water partition coefficient (Wildman–Crippen LogP) is -0.176. The summed E-state index contributed by atoms with van der Waals surface area (Å²) in [6, 6.07) is 0. The molecule has 0 aromatic rings. The summed E-state index contributed by atoms with van der Waals surface area (Å²) in [6.45, 7) is 4.47. The fraction of sp³-hybridized carbons (Fsp3) is 0.833. The molecule has 3 N–H and O–H groups in total. The third kappa shape index (κ3) is 4.88. The van der Waals surface area contributed by atoms with Gasteiger partial charge in [-0.25, -0.2) is 0 Å². The van der Waals surface area contributed by atoms with Crippen LogP contribution in [-0.2, 0) is 4.79 Å². The lowest BCUT2D eigenvalue weighted by molar-refractivity contribution is -0.130. The number of nitrogens with zero attached hydrogens (tertiary/aromatic N) is 2. The van der Waals surface area contributed by atoms with Crippen LogP contribution in [0.2, 0.25) is 0 Å². The van der Waals surface area contributed by atoms with E-state index in [9.17, 15) is 9.90 Å². The van der Waals surface area contributed by atoms with Gasteiger partial charge >= 0.3 is 0 Å². The highest BCUT2D eigenvalue weighted by Crippen LogP contribution is 2.19. The van der Waals surface area contributed by atoms with Crippen LogP contribution in [0, 0.1) is 5.92 Å². The van der Waals surface area contributed by atoms with Gasteiger partial charge in [0.2, 0.25) is 5.91 Å². The van der Waals surface area contributed by atoms with Crippen molar-refractivity contribution in [3.63, 3.8) is 0 Å². The number of rotatable bonds is 6. The maximum absolute atomic E-state index is 11.9. The first-order valence-corrected chi connectivity index (χ1v) is 6.73. The lowest BCUT2D eigenvalue weighted by Gasteiger charge is -2.21. The lowest BCUT2D eigenvalue weighted by Crippen LogP contribution is -2.39. The van der Waals surface area contributed by atoms with Gasteiger partial charge in [-0.15, -0.1) is 0 Å². The highest BCUT2D eigenvalue weighted by atomic mass is 32.1. The first-order valence-electron chi connectivity index (χ1n) is 6.33. The van der Waals surface area contributed by atoms with Gasteiger partial charge in [-0.3, -0.25) is 9.69 Å². The average molecular weight is 273 g/mol. The summed E-state index contributed by atoms with van der Waals surface area (Å²) in [5, 5.41) is 9.51. The van der Waals surface area contributed by atoms with Gasteiger partial charge in [0.05, 0.1) is 17.6 Å². The average Bonchev–Trinajstić information content (AvgIpc) is 2.74. The molecule has 18 heavy (non-hydrogen) atoms. The monoisotopic (exact) mass is 273 g/mol. The fourth-order valence-electron chi connectivity index (χ4n) is 2.11. The SMILES string of the molecule is CC(O)C1CCN(CC(=O)N(C)CCC(N)=S)C1. The Hall–Kier alpha value is -0.720. The van der Waals surface area contributed by atoms with E-state index in [2.05, 4.69) is 4.90 Å². The van der Waals surface area contributed by atoms with Crippen LogP contribution in [-0.4, -0.2) is 65.1 Å². The molecule has 2 atom stereocenters. The van der Waals surface area contributed by atoms with E-state index in [-0.39, 0.29) is 12.0 Å². The van der Waals surface area contributed by atoms with Crippen LogP contribution in [0.5, 0.6) is 0 Å². The number of likely N-dealkylation sites (N-methyl/N-ethyl adjacent to an activating group) is 1. The molecule has 1 aliphatic heterocycles. The second kappa shape index (κ2) is 7.01. The standard InChI is InChI=1S/C12H23N3O2S/c1-9(16)10-3-6-15(7-10)8-12(17)14(2)5-4-11(13)18/h9-10,16H,3-8H2,1-2H3,(H2,13,18). The van der Waals surface area contributed by atoms with E-state index >= 15 is 0 Å². The fourth-order valence-corrected chi connectivity index (χ4v) is 2.21. The first-order chi connectivity index (χ1) is 8.40. The van der Waals surface area contributed by atoms with E-state index in [1.165, 1.54) is 0 Å². The normalized spacial score (nSPS) is 21.8. The molecule has 0 aliphatic carbocycles. The summed E-state index contributed by atoms with van der Waals surface area (Å²) in [7, 11) is 1.77. The summed E-state index contributed by atoms with van der Waals surface area (Å²) in [4.78, 5) is 16.1. The van der Waals surface area contributed by atoms with Crippen molar-refractivity contribution in [2.75, 3.05) is 33.2 Å². The molecule has 1 rings (SSSR count). The predicted molar refractivity (Wildman–Crippen MR) is 75.3 cm³/mol. The number of carbonyl (C=O) groups is 1. The molecule has 6 heteroatoms. The number of likely N-dealkylation sites (tertiary alicyclic amines) is 1. The third-order valence-electron chi connectivity index (χ3n) is 3.47. The molecule has 0 bridgehead atoms. The van der Waals surface area contributed by atoms with Gasteiger partial charge in [-0.05, 0) is 25.8 Å². The van der Waals surface area contributed by atoms with Crippen molar-refractivity contribution in [3.05, 3.63) is 0 Å². The number of aliphatic hydroxyl groups is 1. The topological polar surface area (TPSA) is 69.8 Å². The maximum Gasteiger partial charge on any atom is 0.236 e. The van der Waals surface area contributed by atoms with Crippen LogP contribution >= 0.6 is 12.2 Å². The Morgan fingerprint density at radius 3 is 2.83 bits per heavy atom. The second-order valence-electron chi connectivity index (χ2n) is 5.06. The summed E-state index contributed by atoms with van der Waals surface area (Å²) >= 11 is 4.79. The van der Waals surface area contributed by atoms with Gasteiger partial charge in [0.15, 0.2) is 0 Å². The van der Waals surface area contributed by atoms with Crippen LogP contribution in [0.15, 0.2) is 0 Å². The van der Waals surface area contributed by atoms with Gasteiger partial charge in [-0.1, -0.05) is 12.2 Å². The van der Waals surface area contributed by atoms with Crippen molar-refractivity contribution in [3.8, 4) is 0 Å². The van der Waals surface area contributed by atoms with Gasteiger partial charge in [-0.2, -0.15) is 0 Å². The quantitative estimate of drug-likeness (QED) is 0.657. The van der Waals surface area contributed by atoms with Crippen LogP contribution in [0.1, 0.15) is 19.8 Å². The van der Waals surface area contributed by atoms with Gasteiger partial charge < -0.3 is 15.7 Å². The number of carbonyl (C=O) groups excluding carboxylic acids is 1. The van der Waals surface area contributed by atoms with Crippen LogP contribution in [0.25, 0.3) is 0 Å². The van der Waals surface area contributed by atoms with E-state index in [4.69, 9.17) is 18.0 Å². The molecule has 1 heterocycles. The smallest absolute Gasteiger partial charge is 0.236 e. The van der Waals surface area contributed by atoms with E-state index in [1.807, 2.05) is 6.92 Å². The Kier molecular flexibility index (Phi) is 5.98. The van der Waals surface area contributed by atoms with Crippen LogP contribution in [0.3, 0.4) is 0 Å². The minimum absolute atomic E-state index is 0.0810. The molecular weight excluding hydrogens is 250 g/mol. The molecule has 1 amide bonds. The van der Waals surface area contributed by atoms with Crippen LogP contribution in [0.4, 0.5) is 0 Å². The Bertz CT molecular complexity index is 310. The lowest BCUT2D eigenvalue weighted by atomic mass is 10.0. The molecule has 0 radical (unpaired) electrons. The summed E-state index contributed by atoms with van der Waals surface area (Å²) in [6.07, 6.45) is 1.23. The summed E-state index contributed by atoms with van der Waals surface area (Å²) < 4.78 is 0. The molecule has 0 spiro atoms. The Labute approximate surface area is 114 Å². The molecule has 0 aromatic carbocycles. The molecule has 5 nitrogen and oxygen atoms in total. The molecule has 1 saturated heterocycles. The van der Waals surface area contributed by atoms with Crippen molar-refractivity contribution in [1.29, 1.82) is 0 Å². The molecule has 0 saturated carbocycles. The highest BCUT2D eigenvalue weighted by Gasteiger charge is 2.27. The van der Waals surface area contributed by atoms with Crippen molar-refractivity contribution in [2.45, 2.75) is 25.9 Å². The number of amides is 1. The van der Waals surface area contributed by atoms with E-state index in [0.717, 1.165) is 19.5 Å². The Balaban J connectivity index is 2.30. The number of hydrogen-bond acceptors (Lipinski definition) is 4. The van der Waals surface area contributed by atoms with Gasteiger partial charge in [0, 0.05) is 26.6 Å². The van der Waals surface area contributed by atoms with Crippen molar-refractivity contribution in [1.82, 2.24) is 9.80 Å². The molecule has 0 aromatic heterocycles.